The first-order chi connectivity index (χ1) is 8.76. The van der Waals surface area contributed by atoms with Gasteiger partial charge >= 0.3 is 0 Å². The Morgan fingerprint density at radius 1 is 1.32 bits per heavy atom. The fraction of sp³-hybridized carbons (Fsp3) is 0.500. The minimum atomic E-state index is -3.71. The van der Waals surface area contributed by atoms with E-state index >= 15 is 0 Å². The quantitative estimate of drug-likeness (QED) is 0.640. The lowest BCUT2D eigenvalue weighted by molar-refractivity contribution is 0.575. The minimum absolute atomic E-state index is 0.0143. The average Bonchev–Trinajstić information content (AvgIpc) is 2.33. The van der Waals surface area contributed by atoms with Gasteiger partial charge in [-0.05, 0) is 18.6 Å². The Bertz CT molecular complexity index is 626. The third-order valence-corrected chi connectivity index (χ3v) is 4.88. The summed E-state index contributed by atoms with van der Waals surface area (Å²) >= 11 is 0. The van der Waals surface area contributed by atoms with E-state index in [-0.39, 0.29) is 35.9 Å². The summed E-state index contributed by atoms with van der Waals surface area (Å²) in [5.74, 6) is -0.0632. The van der Waals surface area contributed by atoms with Gasteiger partial charge in [-0.1, -0.05) is 0 Å². The van der Waals surface area contributed by atoms with Crippen molar-refractivity contribution >= 4 is 19.9 Å². The van der Waals surface area contributed by atoms with Gasteiger partial charge in [0.2, 0.25) is 10.0 Å². The van der Waals surface area contributed by atoms with Gasteiger partial charge in [-0.3, -0.25) is 4.98 Å². The summed E-state index contributed by atoms with van der Waals surface area (Å²) in [6.45, 7) is 0.0642. The molecule has 19 heavy (non-hydrogen) atoms. The predicted molar refractivity (Wildman–Crippen MR) is 71.6 cm³/mol. The van der Waals surface area contributed by atoms with Gasteiger partial charge < -0.3 is 5.73 Å². The number of rotatable bonds is 7. The number of sulfone groups is 1. The van der Waals surface area contributed by atoms with Crippen LogP contribution in [0, 0.1) is 0 Å². The van der Waals surface area contributed by atoms with Gasteiger partial charge in [0.25, 0.3) is 0 Å². The van der Waals surface area contributed by atoms with Crippen LogP contribution in [0.4, 0.5) is 0 Å². The van der Waals surface area contributed by atoms with Crippen LogP contribution in [-0.4, -0.2) is 40.4 Å². The largest absolute Gasteiger partial charge is 0.325 e. The highest BCUT2D eigenvalue weighted by molar-refractivity contribution is 7.90. The van der Waals surface area contributed by atoms with E-state index in [2.05, 4.69) is 9.71 Å². The third-order valence-electron chi connectivity index (χ3n) is 2.32. The Kier molecular flexibility index (Phi) is 5.41. The number of pyridine rings is 1. The van der Waals surface area contributed by atoms with E-state index in [0.717, 1.165) is 6.26 Å². The van der Waals surface area contributed by atoms with E-state index in [0.29, 0.717) is 0 Å². The molecule has 0 spiro atoms. The molecule has 1 aromatic heterocycles. The highest BCUT2D eigenvalue weighted by Gasteiger charge is 2.17. The second-order valence-corrected chi connectivity index (χ2v) is 8.03. The Labute approximate surface area is 113 Å². The van der Waals surface area contributed by atoms with Crippen LogP contribution in [0.3, 0.4) is 0 Å². The molecule has 1 heterocycles. The fourth-order valence-corrected chi connectivity index (χ4v) is 3.38. The normalized spacial score (nSPS) is 12.5. The molecule has 0 saturated carbocycles. The summed E-state index contributed by atoms with van der Waals surface area (Å²) in [5.41, 5.74) is 5.70. The molecular weight excluding hydrogens is 290 g/mol. The van der Waals surface area contributed by atoms with Crippen molar-refractivity contribution in [2.45, 2.75) is 17.9 Å². The summed E-state index contributed by atoms with van der Waals surface area (Å²) in [5, 5.41) is 0. The lowest BCUT2D eigenvalue weighted by Gasteiger charge is -2.09. The van der Waals surface area contributed by atoms with E-state index < -0.39 is 19.9 Å². The van der Waals surface area contributed by atoms with Gasteiger partial charge in [-0.25, -0.2) is 21.6 Å². The Balaban J connectivity index is 2.71. The van der Waals surface area contributed by atoms with Crippen molar-refractivity contribution in [3.05, 3.63) is 24.0 Å². The molecule has 0 aliphatic carbocycles. The van der Waals surface area contributed by atoms with Crippen molar-refractivity contribution in [2.24, 2.45) is 5.73 Å². The smallest absolute Gasteiger partial charge is 0.242 e. The van der Waals surface area contributed by atoms with Crippen LogP contribution in [0.25, 0.3) is 0 Å². The van der Waals surface area contributed by atoms with Crippen LogP contribution < -0.4 is 10.5 Å². The average molecular weight is 307 g/mol. The molecule has 0 radical (unpaired) electrons. The number of sulfonamides is 1. The van der Waals surface area contributed by atoms with Crippen LogP contribution in [0.15, 0.2) is 23.2 Å². The molecule has 0 atom stereocenters. The van der Waals surface area contributed by atoms with Crippen molar-refractivity contribution in [1.29, 1.82) is 0 Å². The van der Waals surface area contributed by atoms with Crippen LogP contribution in [0.5, 0.6) is 0 Å². The molecule has 1 aromatic rings. The molecule has 7 nitrogen and oxygen atoms in total. The maximum Gasteiger partial charge on any atom is 0.242 e. The maximum atomic E-state index is 12.0. The summed E-state index contributed by atoms with van der Waals surface area (Å²) in [6.07, 6.45) is 2.79. The van der Waals surface area contributed by atoms with Gasteiger partial charge in [0.05, 0.1) is 11.4 Å². The number of nitrogens with one attached hydrogen (secondary N) is 1. The molecular formula is C10H17N3O4S2. The van der Waals surface area contributed by atoms with Crippen LogP contribution in [0.2, 0.25) is 0 Å². The molecule has 0 aromatic carbocycles. The number of nitrogens with two attached hydrogens (primary N) is 1. The van der Waals surface area contributed by atoms with Gasteiger partial charge in [-0.15, -0.1) is 0 Å². The van der Waals surface area contributed by atoms with Crippen LogP contribution in [-0.2, 0) is 26.4 Å². The lowest BCUT2D eigenvalue weighted by atomic mass is 10.3. The standard InChI is InChI=1S/C10H17N3O4S2/c1-18(14,15)7-3-6-13-19(16,17)10-4-2-5-12-9(10)8-11/h2,4-5,13H,3,6-8,11H2,1H3. The van der Waals surface area contributed by atoms with E-state index in [1.807, 2.05) is 0 Å². The molecule has 0 amide bonds. The van der Waals surface area contributed by atoms with Crippen molar-refractivity contribution in [2.75, 3.05) is 18.6 Å². The second kappa shape index (κ2) is 6.42. The van der Waals surface area contributed by atoms with Crippen molar-refractivity contribution < 1.29 is 16.8 Å². The zero-order valence-corrected chi connectivity index (χ0v) is 12.2. The Morgan fingerprint density at radius 3 is 2.58 bits per heavy atom. The first kappa shape index (κ1) is 16.0. The number of aromatic nitrogens is 1. The first-order valence-corrected chi connectivity index (χ1v) is 9.12. The predicted octanol–water partition coefficient (Wildman–Crippen LogP) is -0.747. The Morgan fingerprint density at radius 2 is 2.00 bits per heavy atom. The summed E-state index contributed by atoms with van der Waals surface area (Å²) in [6, 6.07) is 2.91. The van der Waals surface area contributed by atoms with Gasteiger partial charge in [0, 0.05) is 25.5 Å². The van der Waals surface area contributed by atoms with E-state index in [4.69, 9.17) is 5.73 Å². The highest BCUT2D eigenvalue weighted by Crippen LogP contribution is 2.11. The first-order valence-electron chi connectivity index (χ1n) is 5.57. The zero-order valence-electron chi connectivity index (χ0n) is 10.5. The minimum Gasteiger partial charge on any atom is -0.325 e. The molecule has 108 valence electrons. The van der Waals surface area contributed by atoms with Crippen LogP contribution in [0.1, 0.15) is 12.1 Å². The SMILES string of the molecule is CS(=O)(=O)CCCNS(=O)(=O)c1cccnc1CN. The van der Waals surface area contributed by atoms with Crippen molar-refractivity contribution in [1.82, 2.24) is 9.71 Å². The Hall–Kier alpha value is -1.03. The van der Waals surface area contributed by atoms with E-state index in [9.17, 15) is 16.8 Å². The molecule has 9 heteroatoms. The molecule has 0 bridgehead atoms. The second-order valence-electron chi connectivity index (χ2n) is 4.03. The fourth-order valence-electron chi connectivity index (χ4n) is 1.44. The molecule has 0 aliphatic heterocycles. The van der Waals surface area contributed by atoms with Gasteiger partial charge in [0.1, 0.15) is 14.7 Å². The molecule has 0 aliphatic rings. The van der Waals surface area contributed by atoms with Crippen LogP contribution >= 0.6 is 0 Å². The molecule has 0 unspecified atom stereocenters. The number of nitrogens with zero attached hydrogens (tertiary/aromatic N) is 1. The van der Waals surface area contributed by atoms with Crippen molar-refractivity contribution in [3.8, 4) is 0 Å². The molecule has 0 fully saturated rings. The number of hydrogen-bond acceptors (Lipinski definition) is 6. The summed E-state index contributed by atoms with van der Waals surface area (Å²) in [4.78, 5) is 3.92. The highest BCUT2D eigenvalue weighted by atomic mass is 32.2. The summed E-state index contributed by atoms with van der Waals surface area (Å²) < 4.78 is 48.1. The van der Waals surface area contributed by atoms with E-state index in [1.165, 1.54) is 18.3 Å². The number of hydrogen-bond donors (Lipinski definition) is 2. The third kappa shape index (κ3) is 5.23. The molecule has 1 rings (SSSR count). The summed E-state index contributed by atoms with van der Waals surface area (Å²) in [7, 11) is -6.79. The van der Waals surface area contributed by atoms with Gasteiger partial charge in [-0.2, -0.15) is 0 Å². The maximum absolute atomic E-state index is 12.0. The van der Waals surface area contributed by atoms with Crippen molar-refractivity contribution in [3.63, 3.8) is 0 Å². The molecule has 3 N–H and O–H groups in total. The zero-order chi connectivity index (χ0) is 14.5. The molecule has 0 saturated heterocycles. The topological polar surface area (TPSA) is 119 Å². The monoisotopic (exact) mass is 307 g/mol. The lowest BCUT2D eigenvalue weighted by Crippen LogP contribution is -2.27. The van der Waals surface area contributed by atoms with Gasteiger partial charge in [0.15, 0.2) is 0 Å². The van der Waals surface area contributed by atoms with E-state index in [1.54, 1.807) is 0 Å².